The second-order valence-electron chi connectivity index (χ2n) is 4.26. The Hall–Kier alpha value is -2.14. The quantitative estimate of drug-likeness (QED) is 0.813. The van der Waals surface area contributed by atoms with Crippen LogP contribution in [0.1, 0.15) is 11.1 Å². The number of methoxy groups -OCH3 is 1. The third kappa shape index (κ3) is 3.24. The van der Waals surface area contributed by atoms with Crippen molar-refractivity contribution in [3.8, 4) is 5.75 Å². The summed E-state index contributed by atoms with van der Waals surface area (Å²) in [6, 6.07) is 13.7. The van der Waals surface area contributed by atoms with E-state index in [1.54, 1.807) is 42.5 Å². The first-order valence-electron chi connectivity index (χ1n) is 6.03. The number of hydrogen-bond acceptors (Lipinski definition) is 3. The van der Waals surface area contributed by atoms with Crippen molar-refractivity contribution in [3.05, 3.63) is 59.7 Å². The van der Waals surface area contributed by atoms with Crippen LogP contribution in [-0.4, -0.2) is 21.7 Å². The molecule has 2 aromatic carbocycles. The maximum atomic E-state index is 12.1. The zero-order chi connectivity index (χ0) is 14.6. The number of aryl methyl sites for hydroxylation is 1. The summed E-state index contributed by atoms with van der Waals surface area (Å²) < 4.78 is 33.0. The van der Waals surface area contributed by atoms with E-state index in [4.69, 9.17) is 4.74 Å². The molecule has 0 amide bonds. The smallest absolute Gasteiger partial charge is 0.282 e. The molecule has 0 aliphatic heterocycles. The average Bonchev–Trinajstić information content (AvgIpc) is 2.46. The maximum Gasteiger partial charge on any atom is 0.282 e. The fraction of sp³-hybridized carbons (Fsp3) is 0.133. The molecular formula is C15H15NO3S. The summed E-state index contributed by atoms with van der Waals surface area (Å²) in [5.41, 5.74) is 1.61. The van der Waals surface area contributed by atoms with Crippen molar-refractivity contribution in [1.82, 2.24) is 0 Å². The molecule has 0 saturated carbocycles. The van der Waals surface area contributed by atoms with Crippen molar-refractivity contribution in [1.29, 1.82) is 0 Å². The van der Waals surface area contributed by atoms with Gasteiger partial charge in [-0.15, -0.1) is 0 Å². The minimum Gasteiger partial charge on any atom is -0.496 e. The van der Waals surface area contributed by atoms with E-state index in [-0.39, 0.29) is 4.90 Å². The molecule has 0 unspecified atom stereocenters. The Kier molecular flexibility index (Phi) is 4.20. The lowest BCUT2D eigenvalue weighted by molar-refractivity contribution is 0.414. The lowest BCUT2D eigenvalue weighted by Crippen LogP contribution is -1.98. The third-order valence-corrected chi connectivity index (χ3v) is 4.04. The summed E-state index contributed by atoms with van der Waals surface area (Å²) >= 11 is 0. The molecule has 104 valence electrons. The van der Waals surface area contributed by atoms with Crippen molar-refractivity contribution >= 4 is 16.2 Å². The minimum atomic E-state index is -3.69. The summed E-state index contributed by atoms with van der Waals surface area (Å²) in [4.78, 5) is 0.175. The first-order valence-corrected chi connectivity index (χ1v) is 7.47. The predicted octanol–water partition coefficient (Wildman–Crippen LogP) is 2.81. The minimum absolute atomic E-state index is 0.175. The molecule has 0 aromatic heterocycles. The van der Waals surface area contributed by atoms with Gasteiger partial charge in [-0.25, -0.2) is 0 Å². The van der Waals surface area contributed by atoms with Gasteiger partial charge in [0, 0.05) is 5.56 Å². The molecule has 20 heavy (non-hydrogen) atoms. The van der Waals surface area contributed by atoms with Crippen molar-refractivity contribution < 1.29 is 13.2 Å². The lowest BCUT2D eigenvalue weighted by Gasteiger charge is -2.03. The molecule has 0 aliphatic rings. The Balaban J connectivity index is 2.32. The SMILES string of the molecule is COc1ccccc1/C=N\S(=O)(=O)c1ccc(C)cc1. The van der Waals surface area contributed by atoms with E-state index in [1.807, 2.05) is 13.0 Å². The van der Waals surface area contributed by atoms with Crippen LogP contribution in [0.25, 0.3) is 0 Å². The largest absolute Gasteiger partial charge is 0.496 e. The van der Waals surface area contributed by atoms with Crippen molar-refractivity contribution in [2.24, 2.45) is 4.40 Å². The van der Waals surface area contributed by atoms with E-state index in [0.29, 0.717) is 11.3 Å². The van der Waals surface area contributed by atoms with Crippen molar-refractivity contribution in [3.63, 3.8) is 0 Å². The van der Waals surface area contributed by atoms with E-state index in [0.717, 1.165) is 5.56 Å². The molecule has 0 bridgehead atoms. The first kappa shape index (κ1) is 14.3. The Labute approximate surface area is 118 Å². The number of sulfonamides is 1. The van der Waals surface area contributed by atoms with Gasteiger partial charge in [0.05, 0.1) is 18.2 Å². The Morgan fingerprint density at radius 3 is 2.35 bits per heavy atom. The van der Waals surface area contributed by atoms with Gasteiger partial charge in [-0.1, -0.05) is 29.8 Å². The molecule has 2 rings (SSSR count). The molecule has 4 nitrogen and oxygen atoms in total. The second kappa shape index (κ2) is 5.88. The predicted molar refractivity (Wildman–Crippen MR) is 79.0 cm³/mol. The topological polar surface area (TPSA) is 55.7 Å². The van der Waals surface area contributed by atoms with E-state index in [1.165, 1.54) is 13.3 Å². The van der Waals surface area contributed by atoms with Gasteiger partial charge in [-0.2, -0.15) is 12.8 Å². The standard InChI is InChI=1S/C15H15NO3S/c1-12-7-9-14(10-8-12)20(17,18)16-11-13-5-3-4-6-15(13)19-2/h3-11H,1-2H3/b16-11-. The van der Waals surface area contributed by atoms with Gasteiger partial charge in [-0.3, -0.25) is 0 Å². The fourth-order valence-electron chi connectivity index (χ4n) is 1.67. The van der Waals surface area contributed by atoms with Crippen LogP contribution in [0, 0.1) is 6.92 Å². The highest BCUT2D eigenvalue weighted by molar-refractivity contribution is 7.90. The molecule has 2 aromatic rings. The Bertz CT molecular complexity index is 719. The Morgan fingerprint density at radius 1 is 1.05 bits per heavy atom. The third-order valence-electron chi connectivity index (χ3n) is 2.79. The average molecular weight is 289 g/mol. The molecule has 0 heterocycles. The zero-order valence-corrected chi connectivity index (χ0v) is 12.1. The van der Waals surface area contributed by atoms with Crippen LogP contribution in [-0.2, 0) is 10.0 Å². The number of rotatable bonds is 4. The van der Waals surface area contributed by atoms with Crippen LogP contribution in [0.4, 0.5) is 0 Å². The number of ether oxygens (including phenoxy) is 1. The van der Waals surface area contributed by atoms with E-state index in [2.05, 4.69) is 4.40 Å². The van der Waals surface area contributed by atoms with Gasteiger partial charge in [0.15, 0.2) is 0 Å². The molecule has 0 atom stereocenters. The summed E-state index contributed by atoms with van der Waals surface area (Å²) in [7, 11) is -2.16. The summed E-state index contributed by atoms with van der Waals surface area (Å²) in [5.74, 6) is 0.579. The molecule has 0 N–H and O–H groups in total. The Morgan fingerprint density at radius 2 is 1.70 bits per heavy atom. The summed E-state index contributed by atoms with van der Waals surface area (Å²) in [6.07, 6.45) is 1.30. The highest BCUT2D eigenvalue weighted by Gasteiger charge is 2.11. The van der Waals surface area contributed by atoms with Crippen molar-refractivity contribution in [2.45, 2.75) is 11.8 Å². The van der Waals surface area contributed by atoms with Gasteiger partial charge >= 0.3 is 0 Å². The molecular weight excluding hydrogens is 274 g/mol. The monoisotopic (exact) mass is 289 g/mol. The highest BCUT2D eigenvalue weighted by atomic mass is 32.2. The highest BCUT2D eigenvalue weighted by Crippen LogP contribution is 2.17. The first-order chi connectivity index (χ1) is 9.53. The van der Waals surface area contributed by atoms with Gasteiger partial charge in [0.2, 0.25) is 0 Å². The van der Waals surface area contributed by atoms with Gasteiger partial charge in [0.25, 0.3) is 10.0 Å². The van der Waals surface area contributed by atoms with Crippen LogP contribution < -0.4 is 4.74 Å². The van der Waals surface area contributed by atoms with E-state index in [9.17, 15) is 8.42 Å². The molecule has 0 fully saturated rings. The summed E-state index contributed by atoms with van der Waals surface area (Å²) in [6.45, 7) is 1.90. The molecule has 0 radical (unpaired) electrons. The molecule has 0 saturated heterocycles. The molecule has 0 spiro atoms. The van der Waals surface area contributed by atoms with Crippen LogP contribution in [0.15, 0.2) is 57.8 Å². The second-order valence-corrected chi connectivity index (χ2v) is 5.90. The van der Waals surface area contributed by atoms with Crippen molar-refractivity contribution in [2.75, 3.05) is 7.11 Å². The van der Waals surface area contributed by atoms with Crippen LogP contribution >= 0.6 is 0 Å². The number of para-hydroxylation sites is 1. The van der Waals surface area contributed by atoms with Gasteiger partial charge in [-0.05, 0) is 31.2 Å². The number of hydrogen-bond donors (Lipinski definition) is 0. The maximum absolute atomic E-state index is 12.1. The zero-order valence-electron chi connectivity index (χ0n) is 11.3. The molecule has 5 heteroatoms. The normalized spacial score (nSPS) is 11.7. The van der Waals surface area contributed by atoms with Crippen LogP contribution in [0.3, 0.4) is 0 Å². The van der Waals surface area contributed by atoms with E-state index < -0.39 is 10.0 Å². The lowest BCUT2D eigenvalue weighted by atomic mass is 10.2. The number of benzene rings is 2. The molecule has 0 aliphatic carbocycles. The van der Waals surface area contributed by atoms with Gasteiger partial charge < -0.3 is 4.74 Å². The summed E-state index contributed by atoms with van der Waals surface area (Å²) in [5, 5.41) is 0. The number of nitrogens with zero attached hydrogens (tertiary/aromatic N) is 1. The van der Waals surface area contributed by atoms with Crippen LogP contribution in [0.5, 0.6) is 5.75 Å². The van der Waals surface area contributed by atoms with Crippen LogP contribution in [0.2, 0.25) is 0 Å². The van der Waals surface area contributed by atoms with E-state index >= 15 is 0 Å². The fourth-order valence-corrected chi connectivity index (χ4v) is 2.52. The van der Waals surface area contributed by atoms with Gasteiger partial charge in [0.1, 0.15) is 5.75 Å².